The summed E-state index contributed by atoms with van der Waals surface area (Å²) in [5.41, 5.74) is 10.0. The lowest BCUT2D eigenvalue weighted by molar-refractivity contribution is 0.707. The minimum absolute atomic E-state index is 0.0272. The number of hydrogen-bond donors (Lipinski definition) is 0. The molecule has 1 aliphatic carbocycles. The zero-order valence-corrected chi connectivity index (χ0v) is 15.8. The van der Waals surface area contributed by atoms with Crippen LogP contribution in [-0.4, -0.2) is 0 Å². The van der Waals surface area contributed by atoms with Crippen molar-refractivity contribution in [2.24, 2.45) is 5.92 Å². The predicted octanol–water partition coefficient (Wildman–Crippen LogP) is 6.90. The number of rotatable bonds is 3. The van der Waals surface area contributed by atoms with Gasteiger partial charge in [0.1, 0.15) is 0 Å². The Bertz CT molecular complexity index is 936. The molecule has 128 valence electrons. The van der Waals surface area contributed by atoms with Gasteiger partial charge in [0.2, 0.25) is 0 Å². The minimum Gasteiger partial charge on any atom is -0.111 e. The Labute approximate surface area is 160 Å². The van der Waals surface area contributed by atoms with E-state index in [1.165, 1.54) is 22.3 Å². The third-order valence-electron chi connectivity index (χ3n) is 5.60. The van der Waals surface area contributed by atoms with Gasteiger partial charge in [-0.15, -0.1) is 5.73 Å². The number of hydrogen-bond acceptors (Lipinski definition) is 0. The van der Waals surface area contributed by atoms with E-state index in [0.29, 0.717) is 5.92 Å². The summed E-state index contributed by atoms with van der Waals surface area (Å²) in [7, 11) is 0. The van der Waals surface area contributed by atoms with Gasteiger partial charge in [0.15, 0.2) is 0 Å². The molecule has 0 saturated heterocycles. The maximum atomic E-state index is 6.07. The summed E-state index contributed by atoms with van der Waals surface area (Å²) in [5.74, 6) is 0.464. The van der Waals surface area contributed by atoms with E-state index in [0.717, 1.165) is 10.6 Å². The molecular formula is C25H21Cl. The SMILES string of the molecule is C[C@@H]1C(=C=C(c2ccccc2)c2ccccc2)[C@@]1(C)c1ccc(Cl)cc1. The van der Waals surface area contributed by atoms with Crippen LogP contribution in [0.25, 0.3) is 5.57 Å². The van der Waals surface area contributed by atoms with Gasteiger partial charge in [0.25, 0.3) is 0 Å². The van der Waals surface area contributed by atoms with Gasteiger partial charge in [-0.3, -0.25) is 0 Å². The molecule has 0 unspecified atom stereocenters. The molecule has 26 heavy (non-hydrogen) atoms. The van der Waals surface area contributed by atoms with E-state index in [1.807, 2.05) is 12.1 Å². The molecule has 0 heterocycles. The summed E-state index contributed by atoms with van der Waals surface area (Å²) in [6.07, 6.45) is 0. The molecule has 2 atom stereocenters. The lowest BCUT2D eigenvalue weighted by Crippen LogP contribution is -2.02. The number of benzene rings is 3. The van der Waals surface area contributed by atoms with Crippen molar-refractivity contribution in [3.05, 3.63) is 118 Å². The van der Waals surface area contributed by atoms with Crippen LogP contribution in [0.4, 0.5) is 0 Å². The topological polar surface area (TPSA) is 0 Å². The van der Waals surface area contributed by atoms with E-state index >= 15 is 0 Å². The fourth-order valence-electron chi connectivity index (χ4n) is 3.72. The number of halogens is 1. The fourth-order valence-corrected chi connectivity index (χ4v) is 3.85. The molecule has 0 radical (unpaired) electrons. The zero-order valence-electron chi connectivity index (χ0n) is 15.0. The van der Waals surface area contributed by atoms with Crippen molar-refractivity contribution < 1.29 is 0 Å². The quantitative estimate of drug-likeness (QED) is 0.447. The van der Waals surface area contributed by atoms with Crippen LogP contribution in [0.3, 0.4) is 0 Å². The van der Waals surface area contributed by atoms with Crippen molar-refractivity contribution in [2.45, 2.75) is 19.3 Å². The highest BCUT2D eigenvalue weighted by Gasteiger charge is 2.54. The first-order valence-electron chi connectivity index (χ1n) is 8.99. The first-order valence-corrected chi connectivity index (χ1v) is 9.36. The maximum Gasteiger partial charge on any atom is 0.0406 e. The second-order valence-electron chi connectivity index (χ2n) is 7.08. The van der Waals surface area contributed by atoms with Gasteiger partial charge in [-0.2, -0.15) is 0 Å². The average molecular weight is 357 g/mol. The van der Waals surface area contributed by atoms with E-state index in [4.69, 9.17) is 11.6 Å². The van der Waals surface area contributed by atoms with Crippen LogP contribution in [0.5, 0.6) is 0 Å². The van der Waals surface area contributed by atoms with E-state index in [2.05, 4.69) is 92.4 Å². The van der Waals surface area contributed by atoms with Crippen molar-refractivity contribution in [1.82, 2.24) is 0 Å². The van der Waals surface area contributed by atoms with Gasteiger partial charge in [0.05, 0.1) is 0 Å². The highest BCUT2D eigenvalue weighted by atomic mass is 35.5. The van der Waals surface area contributed by atoms with Crippen LogP contribution in [-0.2, 0) is 5.41 Å². The second-order valence-corrected chi connectivity index (χ2v) is 7.51. The van der Waals surface area contributed by atoms with E-state index < -0.39 is 0 Å². The Morgan fingerprint density at radius 1 is 0.808 bits per heavy atom. The molecule has 0 amide bonds. The van der Waals surface area contributed by atoms with Crippen molar-refractivity contribution in [3.63, 3.8) is 0 Å². The van der Waals surface area contributed by atoms with Gasteiger partial charge in [-0.05, 0) is 40.3 Å². The molecule has 1 aliphatic rings. The molecule has 0 aromatic heterocycles. The summed E-state index contributed by atoms with van der Waals surface area (Å²) in [5, 5.41) is 0.779. The predicted molar refractivity (Wildman–Crippen MR) is 110 cm³/mol. The van der Waals surface area contributed by atoms with E-state index in [-0.39, 0.29) is 5.41 Å². The molecule has 0 spiro atoms. The van der Waals surface area contributed by atoms with Crippen molar-refractivity contribution >= 4 is 17.2 Å². The second kappa shape index (κ2) is 6.65. The summed E-state index contributed by atoms with van der Waals surface area (Å²) >= 11 is 6.07. The largest absolute Gasteiger partial charge is 0.111 e. The molecule has 0 nitrogen and oxygen atoms in total. The van der Waals surface area contributed by atoms with Crippen LogP contribution in [0.2, 0.25) is 5.02 Å². The Morgan fingerprint density at radius 2 is 1.31 bits per heavy atom. The molecule has 3 aromatic rings. The molecule has 1 heteroatoms. The first-order chi connectivity index (χ1) is 12.6. The third kappa shape index (κ3) is 2.92. The summed E-state index contributed by atoms with van der Waals surface area (Å²) < 4.78 is 0. The van der Waals surface area contributed by atoms with Crippen LogP contribution >= 0.6 is 11.6 Å². The molecule has 3 aromatic carbocycles. The fraction of sp³-hybridized carbons (Fsp3) is 0.160. The number of allylic oxidation sites excluding steroid dienone is 1. The van der Waals surface area contributed by atoms with Gasteiger partial charge in [-0.1, -0.05) is 98.2 Å². The van der Waals surface area contributed by atoms with Gasteiger partial charge in [0, 0.05) is 16.0 Å². The van der Waals surface area contributed by atoms with Crippen molar-refractivity contribution in [1.29, 1.82) is 0 Å². The molecule has 0 aliphatic heterocycles. The summed E-state index contributed by atoms with van der Waals surface area (Å²) in [6.45, 7) is 4.58. The van der Waals surface area contributed by atoms with Crippen LogP contribution in [0.1, 0.15) is 30.5 Å². The Balaban J connectivity index is 1.88. The average Bonchev–Trinajstić information content (AvgIpc) is 3.22. The van der Waals surface area contributed by atoms with Crippen LogP contribution in [0, 0.1) is 5.92 Å². The van der Waals surface area contributed by atoms with Crippen molar-refractivity contribution in [3.8, 4) is 0 Å². The summed E-state index contributed by atoms with van der Waals surface area (Å²) in [4.78, 5) is 0. The lowest BCUT2D eigenvalue weighted by atomic mass is 9.94. The van der Waals surface area contributed by atoms with Gasteiger partial charge in [-0.25, -0.2) is 0 Å². The highest BCUT2D eigenvalue weighted by Crippen LogP contribution is 2.59. The van der Waals surface area contributed by atoms with Gasteiger partial charge >= 0.3 is 0 Å². The lowest BCUT2D eigenvalue weighted by Gasteiger charge is -2.09. The minimum atomic E-state index is 0.0272. The van der Waals surface area contributed by atoms with Crippen LogP contribution in [0.15, 0.2) is 96.2 Å². The van der Waals surface area contributed by atoms with E-state index in [9.17, 15) is 0 Å². The molecule has 0 N–H and O–H groups in total. The first kappa shape index (κ1) is 16.9. The third-order valence-corrected chi connectivity index (χ3v) is 5.86. The Hall–Kier alpha value is -2.53. The Kier molecular flexibility index (Phi) is 4.32. The standard InChI is InChI=1S/C25H21Cl/c1-18-24(25(18,2)21-13-15-22(26)16-14-21)17-23(19-9-5-3-6-10-19)20-11-7-4-8-12-20/h3-16,18H,1-2H3/t18-,25-/m1/s1. The van der Waals surface area contributed by atoms with E-state index in [1.54, 1.807) is 0 Å². The molecule has 4 rings (SSSR count). The monoisotopic (exact) mass is 356 g/mol. The molecular weight excluding hydrogens is 336 g/mol. The molecule has 1 saturated carbocycles. The Morgan fingerprint density at radius 3 is 1.81 bits per heavy atom. The van der Waals surface area contributed by atoms with Crippen LogP contribution < -0.4 is 0 Å². The smallest absolute Gasteiger partial charge is 0.0406 e. The normalized spacial score (nSPS) is 21.2. The zero-order chi connectivity index (χ0) is 18.1. The highest BCUT2D eigenvalue weighted by molar-refractivity contribution is 6.30. The molecule has 0 bridgehead atoms. The summed E-state index contributed by atoms with van der Waals surface area (Å²) in [6, 6.07) is 29.3. The maximum absolute atomic E-state index is 6.07. The molecule has 1 fully saturated rings. The van der Waals surface area contributed by atoms with Gasteiger partial charge < -0.3 is 0 Å². The van der Waals surface area contributed by atoms with Crippen molar-refractivity contribution in [2.75, 3.05) is 0 Å².